The Morgan fingerprint density at radius 3 is 2.03 bits per heavy atom. The minimum atomic E-state index is -1.03. The minimum Gasteiger partial charge on any atom is -0.480 e. The van der Waals surface area contributed by atoms with Crippen molar-refractivity contribution in [3.8, 4) is 0 Å². The van der Waals surface area contributed by atoms with E-state index in [1.54, 1.807) is 0 Å². The largest absolute Gasteiger partial charge is 0.480 e. The molecule has 0 saturated heterocycles. The summed E-state index contributed by atoms with van der Waals surface area (Å²) in [4.78, 5) is 24.7. The third-order valence-corrected chi connectivity index (χ3v) is 5.23. The quantitative estimate of drug-likeness (QED) is 0.267. The van der Waals surface area contributed by atoms with E-state index < -0.39 is 12.0 Å². The van der Waals surface area contributed by atoms with E-state index in [2.05, 4.69) is 65.5 Å². The Labute approximate surface area is 189 Å². The molecule has 0 radical (unpaired) electrons. The average Bonchev–Trinajstić information content (AvgIpc) is 2.61. The van der Waals surface area contributed by atoms with Crippen LogP contribution >= 0.6 is 12.6 Å². The number of thiol groups is 1. The normalized spacial score (nSPS) is 14.0. The van der Waals surface area contributed by atoms with Crippen molar-refractivity contribution in [1.82, 2.24) is 4.90 Å². The summed E-state index contributed by atoms with van der Waals surface area (Å²) in [6.07, 6.45) is 12.9. The van der Waals surface area contributed by atoms with E-state index in [-0.39, 0.29) is 18.2 Å². The molecule has 170 valence electrons. The smallest absolute Gasteiger partial charge is 0.327 e. The summed E-state index contributed by atoms with van der Waals surface area (Å²) in [5.74, 6) is -0.798. The van der Waals surface area contributed by atoms with E-state index in [0.717, 1.165) is 31.3 Å². The van der Waals surface area contributed by atoms with Crippen LogP contribution in [0, 0.1) is 5.92 Å². The molecule has 0 spiro atoms. The Bertz CT molecular complexity index is 681. The van der Waals surface area contributed by atoms with Crippen LogP contribution in [0.25, 0.3) is 0 Å². The first-order valence-corrected chi connectivity index (χ1v) is 11.3. The van der Waals surface area contributed by atoms with Crippen LogP contribution in [-0.4, -0.2) is 40.2 Å². The fourth-order valence-corrected chi connectivity index (χ4v) is 3.61. The fourth-order valence-electron chi connectivity index (χ4n) is 3.26. The number of hydrogen-bond acceptors (Lipinski definition) is 3. The number of carbonyl (C=O) groups excluding carboxylic acids is 1. The van der Waals surface area contributed by atoms with E-state index in [4.69, 9.17) is 0 Å². The van der Waals surface area contributed by atoms with Crippen LogP contribution in [-0.2, 0) is 9.59 Å². The highest BCUT2D eigenvalue weighted by molar-refractivity contribution is 7.80. The van der Waals surface area contributed by atoms with Gasteiger partial charge in [-0.05, 0) is 73.1 Å². The summed E-state index contributed by atoms with van der Waals surface area (Å²) in [7, 11) is 0. The summed E-state index contributed by atoms with van der Waals surface area (Å²) in [5.41, 5.74) is 5.20. The molecule has 0 fully saturated rings. The van der Waals surface area contributed by atoms with Gasteiger partial charge in [-0.25, -0.2) is 4.79 Å². The number of carboxylic acids is 1. The van der Waals surface area contributed by atoms with E-state index in [0.29, 0.717) is 5.92 Å². The zero-order chi connectivity index (χ0) is 23.3. The third-order valence-electron chi connectivity index (χ3n) is 4.89. The van der Waals surface area contributed by atoms with Crippen LogP contribution in [0.3, 0.4) is 0 Å². The van der Waals surface area contributed by atoms with Crippen LogP contribution in [0.1, 0.15) is 74.1 Å². The maximum atomic E-state index is 11.9. The summed E-state index contributed by atoms with van der Waals surface area (Å²) in [6.45, 7) is 14.4. The van der Waals surface area contributed by atoms with Gasteiger partial charge in [0, 0.05) is 19.2 Å². The zero-order valence-electron chi connectivity index (χ0n) is 19.9. The third kappa shape index (κ3) is 12.7. The number of rotatable bonds is 13. The molecule has 0 rings (SSSR count). The molecule has 0 aliphatic heterocycles. The van der Waals surface area contributed by atoms with Gasteiger partial charge in [0.15, 0.2) is 0 Å². The lowest BCUT2D eigenvalue weighted by molar-refractivity contribution is -0.147. The van der Waals surface area contributed by atoms with Crippen LogP contribution in [0.2, 0.25) is 0 Å². The molecule has 0 aromatic heterocycles. The van der Waals surface area contributed by atoms with E-state index in [1.807, 2.05) is 13.0 Å². The second-order valence-corrected chi connectivity index (χ2v) is 8.94. The lowest BCUT2D eigenvalue weighted by atomic mass is 9.93. The van der Waals surface area contributed by atoms with Crippen molar-refractivity contribution in [2.75, 3.05) is 12.3 Å². The number of aliphatic carboxylic acids is 1. The lowest BCUT2D eigenvalue weighted by Crippen LogP contribution is -2.45. The van der Waals surface area contributed by atoms with E-state index in [1.165, 1.54) is 28.5 Å². The molecule has 5 heteroatoms. The Kier molecular flexibility index (Phi) is 14.2. The van der Waals surface area contributed by atoms with Gasteiger partial charge in [-0.15, -0.1) is 0 Å². The predicted molar refractivity (Wildman–Crippen MR) is 131 cm³/mol. The first-order chi connectivity index (χ1) is 14.0. The van der Waals surface area contributed by atoms with Gasteiger partial charge in [-0.1, -0.05) is 46.6 Å². The van der Waals surface area contributed by atoms with Crippen molar-refractivity contribution in [3.63, 3.8) is 0 Å². The molecule has 0 saturated carbocycles. The Morgan fingerprint density at radius 2 is 1.57 bits per heavy atom. The number of allylic oxidation sites excluding steroid dienone is 7. The van der Waals surface area contributed by atoms with Crippen LogP contribution in [0.15, 0.2) is 46.6 Å². The van der Waals surface area contributed by atoms with Gasteiger partial charge >= 0.3 is 5.97 Å². The highest BCUT2D eigenvalue weighted by atomic mass is 32.1. The van der Waals surface area contributed by atoms with Gasteiger partial charge in [-0.2, -0.15) is 12.6 Å². The highest BCUT2D eigenvalue weighted by Gasteiger charge is 2.25. The van der Waals surface area contributed by atoms with Crippen LogP contribution in [0.4, 0.5) is 0 Å². The minimum absolute atomic E-state index is 0.0962. The molecule has 1 amide bonds. The molecule has 0 aliphatic carbocycles. The Hall–Kier alpha value is -1.75. The maximum absolute atomic E-state index is 11.9. The monoisotopic (exact) mass is 435 g/mol. The molecule has 1 N–H and O–H groups in total. The molecule has 30 heavy (non-hydrogen) atoms. The SMILES string of the molecule is CC(=O)N(CC=C(C)CC(C=C(C)C)CC=C(C)CCC=C(C)C)[C@@H](CS)C(=O)O. The fraction of sp³-hybridized carbons (Fsp3) is 0.600. The van der Waals surface area contributed by atoms with Gasteiger partial charge in [0.2, 0.25) is 5.91 Å². The van der Waals surface area contributed by atoms with Gasteiger partial charge in [0.05, 0.1) is 0 Å². The molecule has 2 atom stereocenters. The van der Waals surface area contributed by atoms with Gasteiger partial charge in [0.25, 0.3) is 0 Å². The van der Waals surface area contributed by atoms with Gasteiger partial charge in [-0.3, -0.25) is 4.79 Å². The van der Waals surface area contributed by atoms with Crippen molar-refractivity contribution in [1.29, 1.82) is 0 Å². The highest BCUT2D eigenvalue weighted by Crippen LogP contribution is 2.21. The molecule has 1 unspecified atom stereocenters. The van der Waals surface area contributed by atoms with Crippen molar-refractivity contribution < 1.29 is 14.7 Å². The Balaban J connectivity index is 5.15. The Morgan fingerprint density at radius 1 is 0.933 bits per heavy atom. The molecular weight excluding hydrogens is 394 g/mol. The number of carbonyl (C=O) groups is 2. The standard InChI is InChI=1S/C25H41NO3S/c1-18(2)9-8-10-20(5)11-12-23(15-19(3)4)16-21(6)13-14-26(22(7)27)24(17-30)25(28)29/h9,11,13,15,23-24,30H,8,10,12,14,16-17H2,1-7H3,(H,28,29)/t23?,24-/m0/s1. The average molecular weight is 436 g/mol. The van der Waals surface area contributed by atoms with Crippen molar-refractivity contribution in [2.24, 2.45) is 5.92 Å². The summed E-state index contributed by atoms with van der Waals surface area (Å²) < 4.78 is 0. The lowest BCUT2D eigenvalue weighted by Gasteiger charge is -2.26. The van der Waals surface area contributed by atoms with Crippen LogP contribution in [0.5, 0.6) is 0 Å². The van der Waals surface area contributed by atoms with Gasteiger partial charge in [0.1, 0.15) is 6.04 Å². The molecule has 0 aromatic rings. The number of hydrogen-bond donors (Lipinski definition) is 2. The first kappa shape index (κ1) is 28.2. The summed E-state index contributed by atoms with van der Waals surface area (Å²) in [6, 6.07) is -0.908. The molecule has 0 aromatic carbocycles. The molecule has 0 aliphatic rings. The zero-order valence-corrected chi connectivity index (χ0v) is 20.8. The van der Waals surface area contributed by atoms with E-state index in [9.17, 15) is 14.7 Å². The second-order valence-electron chi connectivity index (χ2n) is 8.57. The summed E-state index contributed by atoms with van der Waals surface area (Å²) in [5, 5.41) is 9.33. The van der Waals surface area contributed by atoms with Crippen molar-refractivity contribution in [3.05, 3.63) is 46.6 Å². The molecule has 0 bridgehead atoms. The first-order valence-electron chi connectivity index (χ1n) is 10.7. The number of nitrogens with zero attached hydrogens (tertiary/aromatic N) is 1. The summed E-state index contributed by atoms with van der Waals surface area (Å²) >= 11 is 4.10. The van der Waals surface area contributed by atoms with Crippen molar-refractivity contribution in [2.45, 2.75) is 80.2 Å². The number of amides is 1. The maximum Gasteiger partial charge on any atom is 0.327 e. The van der Waals surface area contributed by atoms with E-state index >= 15 is 0 Å². The molecule has 0 heterocycles. The molecule has 4 nitrogen and oxygen atoms in total. The van der Waals surface area contributed by atoms with Crippen molar-refractivity contribution >= 4 is 24.5 Å². The number of carboxylic acid groups (broad SMARTS) is 1. The predicted octanol–water partition coefficient (Wildman–Crippen LogP) is 6.22. The van der Waals surface area contributed by atoms with Crippen LogP contribution < -0.4 is 0 Å². The second kappa shape index (κ2) is 15.1. The van der Waals surface area contributed by atoms with Gasteiger partial charge < -0.3 is 10.0 Å². The molecular formula is C25H41NO3S. The topological polar surface area (TPSA) is 57.6 Å².